The van der Waals surface area contributed by atoms with E-state index < -0.39 is 11.9 Å². The van der Waals surface area contributed by atoms with Crippen LogP contribution in [0.2, 0.25) is 5.02 Å². The molecule has 40 heavy (non-hydrogen) atoms. The number of rotatable bonds is 6. The van der Waals surface area contributed by atoms with Gasteiger partial charge in [0.1, 0.15) is 6.04 Å². The van der Waals surface area contributed by atoms with Crippen LogP contribution in [0.5, 0.6) is 0 Å². The van der Waals surface area contributed by atoms with Gasteiger partial charge in [-0.2, -0.15) is 0 Å². The highest BCUT2D eigenvalue weighted by molar-refractivity contribution is 6.31. The van der Waals surface area contributed by atoms with Gasteiger partial charge in [-0.1, -0.05) is 23.7 Å². The number of piperidine rings is 1. The van der Waals surface area contributed by atoms with E-state index in [-0.39, 0.29) is 30.8 Å². The van der Waals surface area contributed by atoms with Crippen molar-refractivity contribution in [2.45, 2.75) is 57.9 Å². The van der Waals surface area contributed by atoms with Gasteiger partial charge in [0.15, 0.2) is 0 Å². The van der Waals surface area contributed by atoms with Crippen LogP contribution in [0.15, 0.2) is 30.3 Å². The van der Waals surface area contributed by atoms with Crippen molar-refractivity contribution in [2.24, 2.45) is 5.92 Å². The number of nitrogens with one attached hydrogen (secondary N) is 3. The fraction of sp³-hybridized carbons (Fsp3) is 0.448. The molecule has 0 bridgehead atoms. The van der Waals surface area contributed by atoms with Crippen molar-refractivity contribution < 1.29 is 23.9 Å². The number of imide groups is 1. The highest BCUT2D eigenvalue weighted by Gasteiger charge is 2.41. The Labute approximate surface area is 237 Å². The Morgan fingerprint density at radius 2 is 2.02 bits per heavy atom. The number of carbonyl (C=O) groups is 4. The maximum atomic E-state index is 13.1. The summed E-state index contributed by atoms with van der Waals surface area (Å²) in [6, 6.07) is 8.58. The highest BCUT2D eigenvalue weighted by Crippen LogP contribution is 2.35. The molecule has 4 aliphatic rings. The average molecular weight is 566 g/mol. The number of nitrogens with zero attached hydrogens (tertiary/aromatic N) is 2. The van der Waals surface area contributed by atoms with E-state index in [4.69, 9.17) is 16.3 Å². The fourth-order valence-corrected chi connectivity index (χ4v) is 6.36. The number of likely N-dealkylation sites (tertiary alicyclic amines) is 1. The van der Waals surface area contributed by atoms with E-state index in [1.54, 1.807) is 12.1 Å². The molecule has 10 nitrogen and oxygen atoms in total. The Balaban J connectivity index is 1.06. The molecule has 0 aromatic heterocycles. The summed E-state index contributed by atoms with van der Waals surface area (Å²) in [5, 5.41) is 8.64. The fourth-order valence-electron chi connectivity index (χ4n) is 6.12. The van der Waals surface area contributed by atoms with Gasteiger partial charge in [-0.05, 0) is 66.1 Å². The molecule has 5 amide bonds. The second kappa shape index (κ2) is 10.8. The van der Waals surface area contributed by atoms with E-state index in [2.05, 4.69) is 20.9 Å². The number of hydrogen-bond acceptors (Lipinski definition) is 6. The Morgan fingerprint density at radius 3 is 2.83 bits per heavy atom. The molecule has 3 saturated heterocycles. The van der Waals surface area contributed by atoms with E-state index in [1.807, 2.05) is 25.1 Å². The summed E-state index contributed by atoms with van der Waals surface area (Å²) in [5.74, 6) is -0.296. The smallest absolute Gasteiger partial charge is 0.319 e. The van der Waals surface area contributed by atoms with E-state index in [1.165, 1.54) is 4.90 Å². The first kappa shape index (κ1) is 26.7. The molecule has 6 rings (SSSR count). The third-order valence-corrected chi connectivity index (χ3v) is 8.93. The van der Waals surface area contributed by atoms with Crippen LogP contribution < -0.4 is 16.0 Å². The average Bonchev–Trinajstić information content (AvgIpc) is 3.24. The van der Waals surface area contributed by atoms with Gasteiger partial charge in [0, 0.05) is 61.5 Å². The molecule has 2 aromatic rings. The number of ether oxygens (including phenoxy) is 1. The second-order valence-electron chi connectivity index (χ2n) is 11.1. The second-order valence-corrected chi connectivity index (χ2v) is 11.5. The molecule has 0 spiro atoms. The molecule has 0 aliphatic carbocycles. The molecule has 11 heteroatoms. The minimum atomic E-state index is -0.658. The van der Waals surface area contributed by atoms with Gasteiger partial charge in [-0.15, -0.1) is 0 Å². The van der Waals surface area contributed by atoms with E-state index in [0.717, 1.165) is 55.0 Å². The molecule has 4 heterocycles. The summed E-state index contributed by atoms with van der Waals surface area (Å²) >= 11 is 6.52. The molecule has 3 atom stereocenters. The molecule has 3 fully saturated rings. The third kappa shape index (κ3) is 5.18. The molecule has 210 valence electrons. The summed E-state index contributed by atoms with van der Waals surface area (Å²) in [6.45, 7) is 5.94. The lowest BCUT2D eigenvalue weighted by Crippen LogP contribution is -2.59. The number of anilines is 1. The van der Waals surface area contributed by atoms with E-state index >= 15 is 0 Å². The van der Waals surface area contributed by atoms with Crippen LogP contribution in [-0.4, -0.2) is 65.4 Å². The Kier molecular flexibility index (Phi) is 7.24. The number of amides is 5. The van der Waals surface area contributed by atoms with E-state index in [0.29, 0.717) is 41.2 Å². The number of benzene rings is 2. The van der Waals surface area contributed by atoms with Crippen molar-refractivity contribution >= 4 is 41.0 Å². The molecular formula is C29H32ClN5O5. The first-order chi connectivity index (χ1) is 19.3. The van der Waals surface area contributed by atoms with Crippen molar-refractivity contribution in [2.75, 3.05) is 25.1 Å². The third-order valence-electron chi connectivity index (χ3n) is 8.53. The van der Waals surface area contributed by atoms with Crippen LogP contribution >= 0.6 is 11.6 Å². The maximum absolute atomic E-state index is 13.1. The predicted molar refractivity (Wildman–Crippen MR) is 148 cm³/mol. The Hall–Kier alpha value is -3.47. The largest absolute Gasteiger partial charge is 0.380 e. The number of fused-ring (bicyclic) bond motifs is 2. The Bertz CT molecular complexity index is 1400. The molecule has 0 saturated carbocycles. The lowest BCUT2D eigenvalue weighted by Gasteiger charge is -2.50. The van der Waals surface area contributed by atoms with Gasteiger partial charge in [-0.25, -0.2) is 4.79 Å². The Morgan fingerprint density at radius 1 is 1.18 bits per heavy atom. The topological polar surface area (TPSA) is 120 Å². The quantitative estimate of drug-likeness (QED) is 0.463. The van der Waals surface area contributed by atoms with Crippen molar-refractivity contribution in [3.63, 3.8) is 0 Å². The first-order valence-electron chi connectivity index (χ1n) is 13.7. The normalized spacial score (nSPS) is 24.2. The first-order valence-corrected chi connectivity index (χ1v) is 14.1. The minimum absolute atomic E-state index is 0.211. The number of urea groups is 1. The lowest BCUT2D eigenvalue weighted by atomic mass is 9.84. The molecule has 3 N–H and O–H groups in total. The summed E-state index contributed by atoms with van der Waals surface area (Å²) in [6.07, 6.45) is 1.64. The van der Waals surface area contributed by atoms with Gasteiger partial charge in [0.05, 0.1) is 6.61 Å². The zero-order chi connectivity index (χ0) is 28.0. The number of hydrogen-bond donors (Lipinski definition) is 3. The number of halogens is 1. The van der Waals surface area contributed by atoms with Crippen LogP contribution in [0.25, 0.3) is 0 Å². The van der Waals surface area contributed by atoms with Gasteiger partial charge in [0.25, 0.3) is 5.91 Å². The molecule has 4 aliphatic heterocycles. The van der Waals surface area contributed by atoms with Gasteiger partial charge >= 0.3 is 6.03 Å². The summed E-state index contributed by atoms with van der Waals surface area (Å²) in [4.78, 5) is 53.5. The van der Waals surface area contributed by atoms with E-state index in [9.17, 15) is 19.2 Å². The summed E-state index contributed by atoms with van der Waals surface area (Å²) in [7, 11) is 0. The van der Waals surface area contributed by atoms with Gasteiger partial charge in [-0.3, -0.25) is 24.6 Å². The van der Waals surface area contributed by atoms with Gasteiger partial charge < -0.3 is 20.3 Å². The maximum Gasteiger partial charge on any atom is 0.319 e. The zero-order valence-corrected chi connectivity index (χ0v) is 23.1. The van der Waals surface area contributed by atoms with Crippen LogP contribution in [0, 0.1) is 12.8 Å². The SMILES string of the molecule is Cc1c(Cl)cc(NC(=O)NCc2ccc3c(c2)C(=O)N(C2CCC(=O)NC2=O)C3)cc1CN1CC2CCOCC21. The van der Waals surface area contributed by atoms with Gasteiger partial charge in [0.2, 0.25) is 11.8 Å². The highest BCUT2D eigenvalue weighted by atomic mass is 35.5. The minimum Gasteiger partial charge on any atom is -0.380 e. The summed E-state index contributed by atoms with van der Waals surface area (Å²) in [5.41, 5.74) is 4.78. The molecule has 0 radical (unpaired) electrons. The zero-order valence-electron chi connectivity index (χ0n) is 22.3. The van der Waals surface area contributed by atoms with Crippen molar-refractivity contribution in [1.29, 1.82) is 0 Å². The van der Waals surface area contributed by atoms with Crippen LogP contribution in [0.1, 0.15) is 51.9 Å². The van der Waals surface area contributed by atoms with Crippen molar-refractivity contribution in [1.82, 2.24) is 20.4 Å². The monoisotopic (exact) mass is 565 g/mol. The summed E-state index contributed by atoms with van der Waals surface area (Å²) < 4.78 is 5.65. The van der Waals surface area contributed by atoms with Crippen molar-refractivity contribution in [3.05, 3.63) is 63.2 Å². The lowest BCUT2D eigenvalue weighted by molar-refractivity contribution is -0.136. The molecular weight excluding hydrogens is 534 g/mol. The molecule has 3 unspecified atom stereocenters. The molecule has 2 aromatic carbocycles. The van der Waals surface area contributed by atoms with Crippen molar-refractivity contribution in [3.8, 4) is 0 Å². The number of carbonyl (C=O) groups excluding carboxylic acids is 4. The van der Waals surface area contributed by atoms with Crippen LogP contribution in [0.4, 0.5) is 10.5 Å². The predicted octanol–water partition coefficient (Wildman–Crippen LogP) is 2.95. The van der Waals surface area contributed by atoms with Crippen LogP contribution in [-0.2, 0) is 34.0 Å². The standard InChI is InChI=1S/C29H32ClN5O5/c1-16-20(13-34-12-19-6-7-40-15-25(19)34)9-21(10-23(16)30)32-29(39)31-11-17-2-3-18-14-35(28(38)22(18)8-17)24-4-5-26(36)33-27(24)37/h2-3,8-10,19,24-25H,4-7,11-15H2,1H3,(H2,31,32,39)(H,33,36,37). The van der Waals surface area contributed by atoms with Crippen LogP contribution in [0.3, 0.4) is 0 Å².